The standard InChI is InChI=1S/C23H31N3O2.HI/c1-24-23(25-15-14-18-10-12-21(27-2)13-11-18)26-17-20-9-6-16-28-22(20)19-7-4-3-5-8-19;/h3-5,7-8,10-13,20,22H,6,9,14-17H2,1-2H3,(H2,24,25,26);1H. The van der Waals surface area contributed by atoms with Crippen LogP contribution in [0.1, 0.15) is 30.1 Å². The molecule has 0 radical (unpaired) electrons. The molecule has 6 heteroatoms. The van der Waals surface area contributed by atoms with Gasteiger partial charge in [-0.15, -0.1) is 24.0 Å². The van der Waals surface area contributed by atoms with Gasteiger partial charge < -0.3 is 20.1 Å². The summed E-state index contributed by atoms with van der Waals surface area (Å²) in [4.78, 5) is 4.36. The highest BCUT2D eigenvalue weighted by molar-refractivity contribution is 14.0. The van der Waals surface area contributed by atoms with E-state index in [1.807, 2.05) is 25.2 Å². The average molecular weight is 509 g/mol. The molecule has 0 spiro atoms. The minimum Gasteiger partial charge on any atom is -0.497 e. The maximum Gasteiger partial charge on any atom is 0.190 e. The topological polar surface area (TPSA) is 54.9 Å². The van der Waals surface area contributed by atoms with E-state index in [4.69, 9.17) is 9.47 Å². The Bertz CT molecular complexity index is 738. The van der Waals surface area contributed by atoms with Crippen molar-refractivity contribution in [2.24, 2.45) is 10.9 Å². The van der Waals surface area contributed by atoms with Gasteiger partial charge in [-0.25, -0.2) is 0 Å². The predicted octanol–water partition coefficient (Wildman–Crippen LogP) is 4.19. The van der Waals surface area contributed by atoms with Crippen LogP contribution in [0.5, 0.6) is 5.75 Å². The third-order valence-electron chi connectivity index (χ3n) is 5.19. The summed E-state index contributed by atoms with van der Waals surface area (Å²) in [5, 5.41) is 6.89. The minimum absolute atomic E-state index is 0. The van der Waals surface area contributed by atoms with Crippen molar-refractivity contribution in [3.63, 3.8) is 0 Å². The van der Waals surface area contributed by atoms with E-state index in [1.165, 1.54) is 11.1 Å². The molecule has 0 aromatic heterocycles. The molecule has 2 aromatic carbocycles. The van der Waals surface area contributed by atoms with Crippen LogP contribution >= 0.6 is 24.0 Å². The first-order chi connectivity index (χ1) is 13.8. The third-order valence-corrected chi connectivity index (χ3v) is 5.19. The first-order valence-electron chi connectivity index (χ1n) is 10.0. The number of rotatable bonds is 7. The van der Waals surface area contributed by atoms with Gasteiger partial charge in [-0.05, 0) is 42.5 Å². The summed E-state index contributed by atoms with van der Waals surface area (Å²) in [6.45, 7) is 2.52. The zero-order valence-electron chi connectivity index (χ0n) is 17.3. The van der Waals surface area contributed by atoms with Crippen LogP contribution in [0.4, 0.5) is 0 Å². The number of nitrogens with zero attached hydrogens (tertiary/aromatic N) is 1. The molecule has 2 unspecified atom stereocenters. The molecule has 1 heterocycles. The van der Waals surface area contributed by atoms with Crippen molar-refractivity contribution in [3.8, 4) is 5.75 Å². The number of methoxy groups -OCH3 is 1. The molecule has 2 atom stereocenters. The van der Waals surface area contributed by atoms with Crippen molar-refractivity contribution in [2.45, 2.75) is 25.4 Å². The van der Waals surface area contributed by atoms with Crippen molar-refractivity contribution >= 4 is 29.9 Å². The summed E-state index contributed by atoms with van der Waals surface area (Å²) in [6.07, 6.45) is 3.36. The van der Waals surface area contributed by atoms with Gasteiger partial charge in [0.2, 0.25) is 0 Å². The van der Waals surface area contributed by atoms with Gasteiger partial charge in [-0.1, -0.05) is 42.5 Å². The fraction of sp³-hybridized carbons (Fsp3) is 0.435. The lowest BCUT2D eigenvalue weighted by molar-refractivity contribution is -0.0265. The zero-order chi connectivity index (χ0) is 19.6. The number of hydrogen-bond acceptors (Lipinski definition) is 3. The van der Waals surface area contributed by atoms with E-state index in [-0.39, 0.29) is 30.1 Å². The van der Waals surface area contributed by atoms with Crippen LogP contribution in [0.2, 0.25) is 0 Å². The third kappa shape index (κ3) is 7.19. The maximum absolute atomic E-state index is 6.09. The van der Waals surface area contributed by atoms with Gasteiger partial charge in [0.05, 0.1) is 13.2 Å². The Labute approximate surface area is 191 Å². The number of nitrogens with one attached hydrogen (secondary N) is 2. The van der Waals surface area contributed by atoms with Gasteiger partial charge in [0, 0.05) is 32.7 Å². The monoisotopic (exact) mass is 509 g/mol. The Hall–Kier alpha value is -1.80. The quantitative estimate of drug-likeness (QED) is 0.334. The van der Waals surface area contributed by atoms with E-state index >= 15 is 0 Å². The molecule has 158 valence electrons. The number of ether oxygens (including phenoxy) is 2. The Morgan fingerprint density at radius 3 is 2.55 bits per heavy atom. The zero-order valence-corrected chi connectivity index (χ0v) is 19.6. The molecule has 1 saturated heterocycles. The number of hydrogen-bond donors (Lipinski definition) is 2. The Balaban J connectivity index is 0.00000300. The molecular weight excluding hydrogens is 477 g/mol. The molecule has 3 rings (SSSR count). The molecule has 0 saturated carbocycles. The minimum atomic E-state index is 0. The van der Waals surface area contributed by atoms with Gasteiger partial charge in [-0.3, -0.25) is 4.99 Å². The van der Waals surface area contributed by atoms with Crippen molar-refractivity contribution in [3.05, 3.63) is 65.7 Å². The van der Waals surface area contributed by atoms with Gasteiger partial charge in [0.25, 0.3) is 0 Å². The predicted molar refractivity (Wildman–Crippen MR) is 129 cm³/mol. The Kier molecular flexibility index (Phi) is 10.3. The maximum atomic E-state index is 6.09. The molecule has 2 N–H and O–H groups in total. The summed E-state index contributed by atoms with van der Waals surface area (Å²) in [5.41, 5.74) is 2.53. The second-order valence-electron chi connectivity index (χ2n) is 7.08. The van der Waals surface area contributed by atoms with Crippen molar-refractivity contribution in [1.82, 2.24) is 10.6 Å². The van der Waals surface area contributed by atoms with Crippen LogP contribution in [0, 0.1) is 5.92 Å². The fourth-order valence-corrected chi connectivity index (χ4v) is 3.63. The van der Waals surface area contributed by atoms with Crippen LogP contribution in [0.25, 0.3) is 0 Å². The Morgan fingerprint density at radius 2 is 1.86 bits per heavy atom. The van der Waals surface area contributed by atoms with Crippen molar-refractivity contribution < 1.29 is 9.47 Å². The molecule has 1 fully saturated rings. The van der Waals surface area contributed by atoms with Gasteiger partial charge in [0.15, 0.2) is 5.96 Å². The molecule has 29 heavy (non-hydrogen) atoms. The highest BCUT2D eigenvalue weighted by atomic mass is 127. The second-order valence-corrected chi connectivity index (χ2v) is 7.08. The highest BCUT2D eigenvalue weighted by Crippen LogP contribution is 2.33. The first kappa shape index (κ1) is 23.5. The van der Waals surface area contributed by atoms with Crippen LogP contribution in [-0.4, -0.2) is 39.8 Å². The molecular formula is C23H32IN3O2. The Morgan fingerprint density at radius 1 is 1.10 bits per heavy atom. The second kappa shape index (κ2) is 12.7. The average Bonchev–Trinajstić information content (AvgIpc) is 2.77. The van der Waals surface area contributed by atoms with Crippen molar-refractivity contribution in [2.75, 3.05) is 33.9 Å². The van der Waals surface area contributed by atoms with Crippen molar-refractivity contribution in [1.29, 1.82) is 0 Å². The normalized spacial score (nSPS) is 19.2. The van der Waals surface area contributed by atoms with E-state index in [0.29, 0.717) is 5.92 Å². The molecule has 0 bridgehead atoms. The van der Waals surface area contributed by atoms with E-state index in [0.717, 1.165) is 50.7 Å². The molecule has 5 nitrogen and oxygen atoms in total. The lowest BCUT2D eigenvalue weighted by atomic mass is 9.89. The van der Waals surface area contributed by atoms with E-state index in [1.54, 1.807) is 7.11 Å². The van der Waals surface area contributed by atoms with E-state index in [9.17, 15) is 0 Å². The fourth-order valence-electron chi connectivity index (χ4n) is 3.63. The largest absolute Gasteiger partial charge is 0.497 e. The molecule has 1 aliphatic rings. The van der Waals surface area contributed by atoms with Crippen LogP contribution in [-0.2, 0) is 11.2 Å². The van der Waals surface area contributed by atoms with Gasteiger partial charge >= 0.3 is 0 Å². The van der Waals surface area contributed by atoms with Crippen LogP contribution in [0.15, 0.2) is 59.6 Å². The van der Waals surface area contributed by atoms with Gasteiger partial charge in [-0.2, -0.15) is 0 Å². The summed E-state index contributed by atoms with van der Waals surface area (Å²) >= 11 is 0. The molecule has 0 aliphatic carbocycles. The summed E-state index contributed by atoms with van der Waals surface area (Å²) < 4.78 is 11.3. The highest BCUT2D eigenvalue weighted by Gasteiger charge is 2.27. The van der Waals surface area contributed by atoms with E-state index < -0.39 is 0 Å². The molecule has 0 amide bonds. The molecule has 1 aliphatic heterocycles. The summed E-state index contributed by atoms with van der Waals surface area (Å²) in [6, 6.07) is 18.7. The van der Waals surface area contributed by atoms with Gasteiger partial charge in [0.1, 0.15) is 5.75 Å². The number of aliphatic imine (C=N–C) groups is 1. The molecule has 2 aromatic rings. The van der Waals surface area contributed by atoms with E-state index in [2.05, 4.69) is 52.0 Å². The number of halogens is 1. The summed E-state index contributed by atoms with van der Waals surface area (Å²) in [7, 11) is 3.50. The lowest BCUT2D eigenvalue weighted by Crippen LogP contribution is -2.42. The number of guanidine groups is 1. The van der Waals surface area contributed by atoms with Crippen LogP contribution < -0.4 is 15.4 Å². The first-order valence-corrected chi connectivity index (χ1v) is 10.0. The summed E-state index contributed by atoms with van der Waals surface area (Å²) in [5.74, 6) is 2.17. The smallest absolute Gasteiger partial charge is 0.190 e. The SMILES string of the molecule is CN=C(NCCc1ccc(OC)cc1)NCC1CCCOC1c1ccccc1.I. The number of benzene rings is 2. The van der Waals surface area contributed by atoms with Crippen LogP contribution in [0.3, 0.4) is 0 Å². The lowest BCUT2D eigenvalue weighted by Gasteiger charge is -2.32.